The summed E-state index contributed by atoms with van der Waals surface area (Å²) >= 11 is 6.19. The number of hydrogen-bond donors (Lipinski definition) is 2. The fourth-order valence-corrected chi connectivity index (χ4v) is 2.21. The summed E-state index contributed by atoms with van der Waals surface area (Å²) in [6.45, 7) is -2.92. The Bertz CT molecular complexity index is 950. The standard InChI is InChI=1S/C16H18ClN3O3/c1-8(2)12-7-14(19-20-16(12)22)23-15-9(3)5-11(6-13(15)17)18-10(4)21/h5-8H,1-4H3,(H,18,21)(H,20,22)/i1D3,2D3. The minimum Gasteiger partial charge on any atom is -0.436 e. The van der Waals surface area contributed by atoms with Gasteiger partial charge in [0.2, 0.25) is 11.8 Å². The van der Waals surface area contributed by atoms with E-state index >= 15 is 0 Å². The highest BCUT2D eigenvalue weighted by molar-refractivity contribution is 6.32. The summed E-state index contributed by atoms with van der Waals surface area (Å²) in [6.07, 6.45) is 0. The minimum absolute atomic E-state index is 0.117. The first-order chi connectivity index (χ1) is 13.2. The lowest BCUT2D eigenvalue weighted by Gasteiger charge is -2.13. The Kier molecular flexibility index (Phi) is 3.10. The van der Waals surface area contributed by atoms with Crippen LogP contribution in [-0.4, -0.2) is 16.1 Å². The number of carbonyl (C=O) groups is 1. The first-order valence-corrected chi connectivity index (χ1v) is 6.93. The average Bonchev–Trinajstić information content (AvgIpc) is 2.50. The molecule has 0 aliphatic rings. The highest BCUT2D eigenvalue weighted by atomic mass is 35.5. The lowest BCUT2D eigenvalue weighted by molar-refractivity contribution is -0.114. The van der Waals surface area contributed by atoms with E-state index in [0.717, 1.165) is 6.07 Å². The van der Waals surface area contributed by atoms with Crippen molar-refractivity contribution in [1.29, 1.82) is 0 Å². The molecule has 7 heteroatoms. The molecule has 0 radical (unpaired) electrons. The van der Waals surface area contributed by atoms with Crippen molar-refractivity contribution in [2.45, 2.75) is 33.5 Å². The zero-order valence-electron chi connectivity index (χ0n) is 18.4. The van der Waals surface area contributed by atoms with Gasteiger partial charge in [0.1, 0.15) is 0 Å². The SMILES string of the molecule is [2H]C([2H])([2H])C(c1cc(Oc2c(C)cc(NC(C)=O)cc2Cl)n[nH]c1=O)C([2H])([2H])[2H]. The number of nitrogens with one attached hydrogen (secondary N) is 2. The smallest absolute Gasteiger partial charge is 0.267 e. The Morgan fingerprint density at radius 2 is 2.17 bits per heavy atom. The van der Waals surface area contributed by atoms with E-state index in [2.05, 4.69) is 15.5 Å². The van der Waals surface area contributed by atoms with Gasteiger partial charge in [-0.05, 0) is 30.5 Å². The maximum atomic E-state index is 12.1. The van der Waals surface area contributed by atoms with Gasteiger partial charge in [-0.15, -0.1) is 5.10 Å². The van der Waals surface area contributed by atoms with E-state index in [9.17, 15) is 9.59 Å². The number of hydrogen-bond acceptors (Lipinski definition) is 4. The number of anilines is 1. The monoisotopic (exact) mass is 341 g/mol. The number of aromatic amines is 1. The molecule has 0 saturated heterocycles. The number of aromatic nitrogens is 2. The predicted molar refractivity (Wildman–Crippen MR) is 89.5 cm³/mol. The molecule has 122 valence electrons. The van der Waals surface area contributed by atoms with Crippen molar-refractivity contribution >= 4 is 23.2 Å². The van der Waals surface area contributed by atoms with Crippen LogP contribution in [0.2, 0.25) is 5.02 Å². The van der Waals surface area contributed by atoms with Gasteiger partial charge in [-0.1, -0.05) is 25.3 Å². The third-order valence-corrected chi connectivity index (χ3v) is 3.16. The van der Waals surface area contributed by atoms with Gasteiger partial charge >= 0.3 is 0 Å². The van der Waals surface area contributed by atoms with Crippen molar-refractivity contribution in [3.05, 3.63) is 44.7 Å². The molecule has 2 N–H and O–H groups in total. The largest absolute Gasteiger partial charge is 0.436 e. The number of amides is 1. The number of H-pyrrole nitrogens is 1. The molecule has 0 aliphatic heterocycles. The van der Waals surface area contributed by atoms with Crippen molar-refractivity contribution in [2.24, 2.45) is 0 Å². The van der Waals surface area contributed by atoms with Gasteiger partial charge in [-0.25, -0.2) is 5.10 Å². The van der Waals surface area contributed by atoms with Crippen LogP contribution in [0.15, 0.2) is 23.0 Å². The summed E-state index contributed by atoms with van der Waals surface area (Å²) in [5.41, 5.74) is -0.497. The number of nitrogens with zero attached hydrogens (tertiary/aromatic N) is 1. The van der Waals surface area contributed by atoms with Crippen molar-refractivity contribution in [1.82, 2.24) is 10.2 Å². The van der Waals surface area contributed by atoms with Gasteiger partial charge in [0.15, 0.2) is 5.75 Å². The summed E-state index contributed by atoms with van der Waals surface area (Å²) in [6, 6.07) is 3.99. The highest BCUT2D eigenvalue weighted by Gasteiger charge is 2.13. The molecular weight excluding hydrogens is 318 g/mol. The number of carbonyl (C=O) groups excluding carboxylic acids is 1. The number of halogens is 1. The van der Waals surface area contributed by atoms with Crippen LogP contribution in [0, 0.1) is 6.92 Å². The van der Waals surface area contributed by atoms with E-state index in [0.29, 0.717) is 11.3 Å². The van der Waals surface area contributed by atoms with Crippen LogP contribution in [-0.2, 0) is 4.79 Å². The Morgan fingerprint density at radius 3 is 2.78 bits per heavy atom. The van der Waals surface area contributed by atoms with Gasteiger partial charge in [0.25, 0.3) is 5.56 Å². The average molecular weight is 342 g/mol. The van der Waals surface area contributed by atoms with Gasteiger partial charge in [-0.2, -0.15) is 0 Å². The highest BCUT2D eigenvalue weighted by Crippen LogP contribution is 2.35. The zero-order valence-corrected chi connectivity index (χ0v) is 13.1. The molecule has 0 aliphatic carbocycles. The van der Waals surface area contributed by atoms with E-state index in [1.54, 1.807) is 13.0 Å². The molecule has 2 aromatic rings. The van der Waals surface area contributed by atoms with Crippen LogP contribution in [0.4, 0.5) is 5.69 Å². The molecule has 0 saturated carbocycles. The molecular formula is C16H18ClN3O3. The summed E-state index contributed by atoms with van der Waals surface area (Å²) in [4.78, 5) is 23.3. The molecule has 1 aromatic heterocycles. The first kappa shape index (κ1) is 10.4. The lowest BCUT2D eigenvalue weighted by Crippen LogP contribution is -2.15. The predicted octanol–water partition coefficient (Wildman–Crippen LogP) is 3.61. The Hall–Kier alpha value is -2.34. The molecule has 6 nitrogen and oxygen atoms in total. The maximum absolute atomic E-state index is 12.1. The second-order valence-corrected chi connectivity index (χ2v) is 5.22. The van der Waals surface area contributed by atoms with Crippen LogP contribution >= 0.6 is 11.6 Å². The van der Waals surface area contributed by atoms with Crippen molar-refractivity contribution < 1.29 is 17.8 Å². The van der Waals surface area contributed by atoms with Crippen molar-refractivity contribution in [2.75, 3.05) is 5.32 Å². The topological polar surface area (TPSA) is 84.1 Å². The summed E-state index contributed by atoms with van der Waals surface area (Å²) in [5, 5.41) is 8.43. The Morgan fingerprint density at radius 1 is 1.43 bits per heavy atom. The number of benzene rings is 1. The molecule has 0 spiro atoms. The second kappa shape index (κ2) is 6.83. The molecule has 23 heavy (non-hydrogen) atoms. The quantitative estimate of drug-likeness (QED) is 0.889. The van der Waals surface area contributed by atoms with E-state index in [1.165, 1.54) is 13.0 Å². The fourth-order valence-electron chi connectivity index (χ4n) is 1.91. The van der Waals surface area contributed by atoms with Crippen molar-refractivity contribution in [3.8, 4) is 11.6 Å². The second-order valence-electron chi connectivity index (χ2n) is 4.81. The molecule has 0 atom stereocenters. The van der Waals surface area contributed by atoms with Gasteiger partial charge in [-0.3, -0.25) is 9.59 Å². The van der Waals surface area contributed by atoms with Crippen LogP contribution in [0.5, 0.6) is 11.6 Å². The van der Waals surface area contributed by atoms with Crippen LogP contribution in [0.25, 0.3) is 0 Å². The summed E-state index contributed by atoms with van der Waals surface area (Å²) in [7, 11) is 0. The summed E-state index contributed by atoms with van der Waals surface area (Å²) in [5.74, 6) is -2.41. The van der Waals surface area contributed by atoms with Gasteiger partial charge in [0, 0.05) is 32.5 Å². The Labute approximate surface area is 147 Å². The minimum atomic E-state index is -2.95. The molecule has 1 aromatic carbocycles. The molecule has 0 fully saturated rings. The van der Waals surface area contributed by atoms with E-state index in [-0.39, 0.29) is 22.6 Å². The Balaban J connectivity index is 2.48. The molecule has 1 amide bonds. The van der Waals surface area contributed by atoms with Gasteiger partial charge in [0.05, 0.1) is 5.02 Å². The van der Waals surface area contributed by atoms with Crippen LogP contribution in [0.3, 0.4) is 0 Å². The third-order valence-electron chi connectivity index (χ3n) is 2.88. The molecule has 1 heterocycles. The molecule has 2 rings (SSSR count). The van der Waals surface area contributed by atoms with E-state index in [4.69, 9.17) is 24.6 Å². The van der Waals surface area contributed by atoms with E-state index in [1.807, 2.05) is 0 Å². The number of aryl methyl sites for hydroxylation is 1. The van der Waals surface area contributed by atoms with Crippen LogP contribution < -0.4 is 15.6 Å². The first-order valence-electron chi connectivity index (χ1n) is 9.55. The fraction of sp³-hybridized carbons (Fsp3) is 0.312. The third kappa shape index (κ3) is 4.10. The number of ether oxygens (including phenoxy) is 1. The normalized spacial score (nSPS) is 15.7. The van der Waals surface area contributed by atoms with E-state index < -0.39 is 30.7 Å². The van der Waals surface area contributed by atoms with Crippen molar-refractivity contribution in [3.63, 3.8) is 0 Å². The summed E-state index contributed by atoms with van der Waals surface area (Å²) < 4.78 is 50.7. The molecule has 0 unspecified atom stereocenters. The number of rotatable bonds is 4. The molecule has 0 bridgehead atoms. The zero-order chi connectivity index (χ0) is 22.1. The lowest BCUT2D eigenvalue weighted by atomic mass is 10.1. The van der Waals surface area contributed by atoms with Gasteiger partial charge < -0.3 is 10.1 Å². The van der Waals surface area contributed by atoms with Crippen LogP contribution in [0.1, 0.15) is 45.9 Å². The maximum Gasteiger partial charge on any atom is 0.267 e.